The second kappa shape index (κ2) is 8.66. The van der Waals surface area contributed by atoms with Crippen LogP contribution >= 0.6 is 0 Å². The van der Waals surface area contributed by atoms with Crippen molar-refractivity contribution in [2.45, 2.75) is 57.5 Å². The van der Waals surface area contributed by atoms with Crippen LogP contribution in [0, 0.1) is 0 Å². The summed E-state index contributed by atoms with van der Waals surface area (Å²) in [4.78, 5) is 20.1. The average molecular weight is 364 g/mol. The van der Waals surface area contributed by atoms with E-state index >= 15 is 0 Å². The molecule has 0 saturated carbocycles. The molecule has 1 atom stereocenters. The highest BCUT2D eigenvalue weighted by Crippen LogP contribution is 2.25. The zero-order valence-electron chi connectivity index (χ0n) is 16.0. The summed E-state index contributed by atoms with van der Waals surface area (Å²) in [5.41, 5.74) is 4.59. The SMILES string of the molecule is O=C(c1ccc2c(c1)CCCC2)N(Cc1ccccn1)C1CCCNCC1. The molecule has 1 unspecified atom stereocenters. The van der Waals surface area contributed by atoms with Crippen molar-refractivity contribution in [2.24, 2.45) is 0 Å². The Balaban J connectivity index is 1.61. The van der Waals surface area contributed by atoms with Gasteiger partial charge in [0.2, 0.25) is 0 Å². The van der Waals surface area contributed by atoms with E-state index in [-0.39, 0.29) is 11.9 Å². The van der Waals surface area contributed by atoms with Gasteiger partial charge in [0.05, 0.1) is 12.2 Å². The predicted octanol–water partition coefficient (Wildman–Crippen LogP) is 3.74. The number of hydrogen-bond acceptors (Lipinski definition) is 3. The number of hydrogen-bond donors (Lipinski definition) is 1. The summed E-state index contributed by atoms with van der Waals surface area (Å²) in [6, 6.07) is 12.6. The van der Waals surface area contributed by atoms with Crippen LogP contribution in [0.4, 0.5) is 0 Å². The summed E-state index contributed by atoms with van der Waals surface area (Å²) < 4.78 is 0. The van der Waals surface area contributed by atoms with E-state index < -0.39 is 0 Å². The number of rotatable bonds is 4. The van der Waals surface area contributed by atoms with Crippen molar-refractivity contribution in [3.8, 4) is 0 Å². The summed E-state index contributed by atoms with van der Waals surface area (Å²) in [5.74, 6) is 0.154. The van der Waals surface area contributed by atoms with Gasteiger partial charge in [-0.15, -0.1) is 0 Å². The van der Waals surface area contributed by atoms with Gasteiger partial charge in [-0.25, -0.2) is 0 Å². The standard InChI is InChI=1S/C23H29N3O/c27-23(20-11-10-18-6-1-2-7-19(18)16-20)26(17-21-8-3-4-14-25-21)22-9-5-13-24-15-12-22/h3-4,8,10-11,14,16,22,24H,1-2,5-7,9,12-13,15,17H2. The lowest BCUT2D eigenvalue weighted by atomic mass is 9.90. The van der Waals surface area contributed by atoms with Crippen molar-refractivity contribution < 1.29 is 4.79 Å². The number of nitrogens with one attached hydrogen (secondary N) is 1. The normalized spacial score (nSPS) is 19.8. The van der Waals surface area contributed by atoms with Crippen molar-refractivity contribution >= 4 is 5.91 Å². The number of aromatic nitrogens is 1. The fraction of sp³-hybridized carbons (Fsp3) is 0.478. The highest BCUT2D eigenvalue weighted by Gasteiger charge is 2.26. The second-order valence-electron chi connectivity index (χ2n) is 7.78. The van der Waals surface area contributed by atoms with E-state index in [4.69, 9.17) is 0 Å². The molecule has 2 aromatic rings. The van der Waals surface area contributed by atoms with Crippen LogP contribution in [0.5, 0.6) is 0 Å². The molecule has 1 aromatic carbocycles. The van der Waals surface area contributed by atoms with Gasteiger partial charge in [-0.1, -0.05) is 12.1 Å². The van der Waals surface area contributed by atoms with E-state index in [9.17, 15) is 4.79 Å². The minimum Gasteiger partial charge on any atom is -0.330 e. The highest BCUT2D eigenvalue weighted by molar-refractivity contribution is 5.94. The molecule has 1 N–H and O–H groups in total. The Kier molecular flexibility index (Phi) is 5.83. The number of pyridine rings is 1. The first-order valence-corrected chi connectivity index (χ1v) is 10.3. The molecule has 1 aliphatic heterocycles. The van der Waals surface area contributed by atoms with Crippen LogP contribution < -0.4 is 5.32 Å². The minimum absolute atomic E-state index is 0.154. The third-order valence-electron chi connectivity index (χ3n) is 5.90. The lowest BCUT2D eigenvalue weighted by molar-refractivity contribution is 0.0642. The van der Waals surface area contributed by atoms with Gasteiger partial charge in [0.15, 0.2) is 0 Å². The fourth-order valence-corrected chi connectivity index (χ4v) is 4.38. The lowest BCUT2D eigenvalue weighted by Gasteiger charge is -2.31. The van der Waals surface area contributed by atoms with Gasteiger partial charge in [-0.05, 0) is 93.4 Å². The summed E-state index contributed by atoms with van der Waals surface area (Å²) in [5, 5.41) is 3.46. The van der Waals surface area contributed by atoms with Gasteiger partial charge in [0.25, 0.3) is 5.91 Å². The summed E-state index contributed by atoms with van der Waals surface area (Å²) in [6.45, 7) is 2.60. The molecular formula is C23H29N3O. The quantitative estimate of drug-likeness (QED) is 0.900. The van der Waals surface area contributed by atoms with Crippen molar-refractivity contribution in [2.75, 3.05) is 13.1 Å². The van der Waals surface area contributed by atoms with Crippen LogP contribution in [0.3, 0.4) is 0 Å². The average Bonchev–Trinajstić information content (AvgIpc) is 3.01. The van der Waals surface area contributed by atoms with Crippen LogP contribution in [0.15, 0.2) is 42.6 Å². The number of aryl methyl sites for hydroxylation is 2. The molecule has 1 fully saturated rings. The molecule has 4 nitrogen and oxygen atoms in total. The number of nitrogens with zero attached hydrogens (tertiary/aromatic N) is 2. The van der Waals surface area contributed by atoms with E-state index in [1.807, 2.05) is 30.5 Å². The maximum absolute atomic E-state index is 13.5. The molecule has 142 valence electrons. The highest BCUT2D eigenvalue weighted by atomic mass is 16.2. The summed E-state index contributed by atoms with van der Waals surface area (Å²) in [7, 11) is 0. The predicted molar refractivity (Wildman–Crippen MR) is 108 cm³/mol. The molecule has 0 bridgehead atoms. The van der Waals surface area contributed by atoms with Crippen molar-refractivity contribution in [3.05, 3.63) is 65.0 Å². The van der Waals surface area contributed by atoms with E-state index in [1.54, 1.807) is 0 Å². The van der Waals surface area contributed by atoms with Gasteiger partial charge in [-0.3, -0.25) is 9.78 Å². The van der Waals surface area contributed by atoms with E-state index in [1.165, 1.54) is 24.0 Å². The molecule has 2 heterocycles. The van der Waals surface area contributed by atoms with E-state index in [2.05, 4.69) is 27.3 Å². The zero-order chi connectivity index (χ0) is 18.5. The second-order valence-corrected chi connectivity index (χ2v) is 7.78. The van der Waals surface area contributed by atoms with Crippen LogP contribution in [0.2, 0.25) is 0 Å². The Morgan fingerprint density at radius 3 is 2.78 bits per heavy atom. The Morgan fingerprint density at radius 1 is 1.04 bits per heavy atom. The Labute approximate surface area is 162 Å². The number of carbonyl (C=O) groups is 1. The molecule has 27 heavy (non-hydrogen) atoms. The van der Waals surface area contributed by atoms with Gasteiger partial charge in [-0.2, -0.15) is 0 Å². The fourth-order valence-electron chi connectivity index (χ4n) is 4.38. The van der Waals surface area contributed by atoms with Crippen molar-refractivity contribution in [1.29, 1.82) is 0 Å². The molecule has 1 amide bonds. The van der Waals surface area contributed by atoms with Crippen molar-refractivity contribution in [1.82, 2.24) is 15.2 Å². The monoisotopic (exact) mass is 363 g/mol. The molecule has 0 spiro atoms. The first-order valence-electron chi connectivity index (χ1n) is 10.3. The molecular weight excluding hydrogens is 334 g/mol. The van der Waals surface area contributed by atoms with Crippen LogP contribution in [-0.2, 0) is 19.4 Å². The Bertz CT molecular complexity index is 766. The maximum atomic E-state index is 13.5. The smallest absolute Gasteiger partial charge is 0.254 e. The first kappa shape index (κ1) is 18.2. The van der Waals surface area contributed by atoms with Gasteiger partial charge in [0, 0.05) is 17.8 Å². The van der Waals surface area contributed by atoms with E-state index in [0.29, 0.717) is 6.54 Å². The Morgan fingerprint density at radius 2 is 1.93 bits per heavy atom. The van der Waals surface area contributed by atoms with Crippen LogP contribution in [0.25, 0.3) is 0 Å². The maximum Gasteiger partial charge on any atom is 0.254 e. The van der Waals surface area contributed by atoms with Gasteiger partial charge < -0.3 is 10.2 Å². The van der Waals surface area contributed by atoms with Gasteiger partial charge >= 0.3 is 0 Å². The number of carbonyl (C=O) groups excluding carboxylic acids is 1. The zero-order valence-corrected chi connectivity index (χ0v) is 16.0. The summed E-state index contributed by atoms with van der Waals surface area (Å²) >= 11 is 0. The van der Waals surface area contributed by atoms with E-state index in [0.717, 1.165) is 56.5 Å². The number of fused-ring (bicyclic) bond motifs is 1. The van der Waals surface area contributed by atoms with Crippen LogP contribution in [-0.4, -0.2) is 34.9 Å². The molecule has 1 aliphatic carbocycles. The topological polar surface area (TPSA) is 45.2 Å². The van der Waals surface area contributed by atoms with Crippen molar-refractivity contribution in [3.63, 3.8) is 0 Å². The molecule has 1 saturated heterocycles. The molecule has 0 radical (unpaired) electrons. The molecule has 1 aromatic heterocycles. The first-order chi connectivity index (χ1) is 13.3. The number of benzene rings is 1. The van der Waals surface area contributed by atoms with Gasteiger partial charge in [0.1, 0.15) is 0 Å². The number of amides is 1. The molecule has 4 rings (SSSR count). The third-order valence-corrected chi connectivity index (χ3v) is 5.90. The third kappa shape index (κ3) is 4.38. The molecule has 2 aliphatic rings. The molecule has 4 heteroatoms. The largest absolute Gasteiger partial charge is 0.330 e. The van der Waals surface area contributed by atoms with Crippen LogP contribution in [0.1, 0.15) is 59.3 Å². The summed E-state index contributed by atoms with van der Waals surface area (Å²) in [6.07, 6.45) is 9.73. The Hall–Kier alpha value is -2.20. The minimum atomic E-state index is 0.154. The lowest BCUT2D eigenvalue weighted by Crippen LogP contribution is -2.40.